The fourth-order valence-corrected chi connectivity index (χ4v) is 5.21. The van der Waals surface area contributed by atoms with E-state index in [1.807, 2.05) is 12.1 Å². The first kappa shape index (κ1) is 20.1. The predicted molar refractivity (Wildman–Crippen MR) is 120 cm³/mol. The van der Waals surface area contributed by atoms with Gasteiger partial charge in [-0.2, -0.15) is 0 Å². The van der Waals surface area contributed by atoms with E-state index in [9.17, 15) is 9.59 Å². The van der Waals surface area contributed by atoms with Crippen LogP contribution in [0.25, 0.3) is 0 Å². The molecule has 0 N–H and O–H groups in total. The van der Waals surface area contributed by atoms with Crippen molar-refractivity contribution >= 4 is 17.5 Å². The van der Waals surface area contributed by atoms with Gasteiger partial charge >= 0.3 is 0 Å². The summed E-state index contributed by atoms with van der Waals surface area (Å²) < 4.78 is 5.44. The van der Waals surface area contributed by atoms with Crippen LogP contribution in [-0.2, 0) is 6.42 Å². The lowest BCUT2D eigenvalue weighted by molar-refractivity contribution is 0.0650. The van der Waals surface area contributed by atoms with Crippen molar-refractivity contribution in [3.63, 3.8) is 0 Å². The number of fused-ring (bicyclic) bond motifs is 4. The van der Waals surface area contributed by atoms with Crippen LogP contribution in [0.15, 0.2) is 42.5 Å². The van der Waals surface area contributed by atoms with Gasteiger partial charge in [-0.3, -0.25) is 19.4 Å². The number of methoxy groups -OCH3 is 1. The average molecular weight is 420 g/mol. The van der Waals surface area contributed by atoms with E-state index in [2.05, 4.69) is 28.0 Å². The van der Waals surface area contributed by atoms with Crippen molar-refractivity contribution in [2.45, 2.75) is 31.7 Å². The number of ether oxygens (including phenoxy) is 1. The van der Waals surface area contributed by atoms with E-state index in [1.165, 1.54) is 22.6 Å². The molecule has 162 valence electrons. The first-order chi connectivity index (χ1) is 15.2. The van der Waals surface area contributed by atoms with Gasteiger partial charge in [0.1, 0.15) is 5.75 Å². The zero-order valence-electron chi connectivity index (χ0n) is 18.0. The smallest absolute Gasteiger partial charge is 0.261 e. The second-order valence-electron chi connectivity index (χ2n) is 8.70. The SMILES string of the molecule is COc1ccc2c(c1)N1CCN(CCCCN3C(=O)c4ccccc4C3=O)C[C@H]1CC2. The number of piperazine rings is 1. The average Bonchev–Trinajstić information content (AvgIpc) is 3.06. The number of carbonyl (C=O) groups is 2. The molecule has 0 saturated carbocycles. The number of anilines is 1. The van der Waals surface area contributed by atoms with E-state index >= 15 is 0 Å². The lowest BCUT2D eigenvalue weighted by atomic mass is 9.93. The molecule has 3 aliphatic heterocycles. The van der Waals surface area contributed by atoms with E-state index in [0.29, 0.717) is 23.7 Å². The van der Waals surface area contributed by atoms with Crippen molar-refractivity contribution in [1.29, 1.82) is 0 Å². The van der Waals surface area contributed by atoms with Gasteiger partial charge in [-0.1, -0.05) is 18.2 Å². The summed E-state index contributed by atoms with van der Waals surface area (Å²) in [6.07, 6.45) is 4.14. The van der Waals surface area contributed by atoms with Crippen LogP contribution in [0, 0.1) is 0 Å². The third kappa shape index (κ3) is 3.69. The molecule has 0 radical (unpaired) electrons. The number of amides is 2. The molecule has 31 heavy (non-hydrogen) atoms. The third-order valence-corrected chi connectivity index (χ3v) is 6.90. The Morgan fingerprint density at radius 3 is 2.45 bits per heavy atom. The van der Waals surface area contributed by atoms with Crippen molar-refractivity contribution in [1.82, 2.24) is 9.80 Å². The Labute approximate surface area is 183 Å². The maximum Gasteiger partial charge on any atom is 0.261 e. The normalized spacial score (nSPS) is 20.5. The summed E-state index contributed by atoms with van der Waals surface area (Å²) in [5.41, 5.74) is 3.84. The Morgan fingerprint density at radius 1 is 0.968 bits per heavy atom. The van der Waals surface area contributed by atoms with Crippen molar-refractivity contribution < 1.29 is 14.3 Å². The van der Waals surface area contributed by atoms with Gasteiger partial charge < -0.3 is 9.64 Å². The van der Waals surface area contributed by atoms with Crippen LogP contribution in [0.1, 0.15) is 45.5 Å². The summed E-state index contributed by atoms with van der Waals surface area (Å²) in [5.74, 6) is 0.631. The fourth-order valence-electron chi connectivity index (χ4n) is 5.21. The van der Waals surface area contributed by atoms with Crippen LogP contribution in [0.5, 0.6) is 5.75 Å². The van der Waals surface area contributed by atoms with E-state index in [0.717, 1.165) is 51.2 Å². The molecule has 5 rings (SSSR count). The Hall–Kier alpha value is -2.86. The van der Waals surface area contributed by atoms with Crippen molar-refractivity contribution in [3.8, 4) is 5.75 Å². The number of nitrogens with zero attached hydrogens (tertiary/aromatic N) is 3. The first-order valence-electron chi connectivity index (χ1n) is 11.3. The summed E-state index contributed by atoms with van der Waals surface area (Å²) >= 11 is 0. The molecule has 0 bridgehead atoms. The first-order valence-corrected chi connectivity index (χ1v) is 11.3. The number of unbranched alkanes of at least 4 members (excludes halogenated alkanes) is 1. The minimum Gasteiger partial charge on any atom is -0.497 e. The molecular formula is C25H29N3O3. The fraction of sp³-hybridized carbons (Fsp3) is 0.440. The standard InChI is InChI=1S/C25H29N3O3/c1-31-20-11-9-18-8-10-19-17-26(14-15-27(19)23(18)16-20)12-4-5-13-28-24(29)21-6-2-3-7-22(21)25(28)30/h2-3,6-7,9,11,16,19H,4-5,8,10,12-15,17H2,1H3/t19-/m1/s1. The molecule has 2 aromatic carbocycles. The van der Waals surface area contributed by atoms with Crippen molar-refractivity contribution in [2.75, 3.05) is 44.7 Å². The van der Waals surface area contributed by atoms with Gasteiger partial charge in [0, 0.05) is 44.0 Å². The highest BCUT2D eigenvalue weighted by atomic mass is 16.5. The van der Waals surface area contributed by atoms with Gasteiger partial charge in [-0.15, -0.1) is 0 Å². The quantitative estimate of drug-likeness (QED) is 0.532. The monoisotopic (exact) mass is 419 g/mol. The summed E-state index contributed by atoms with van der Waals surface area (Å²) in [7, 11) is 1.72. The Balaban J connectivity index is 1.12. The summed E-state index contributed by atoms with van der Waals surface area (Å²) in [5, 5.41) is 0. The van der Waals surface area contributed by atoms with Gasteiger partial charge in [0.15, 0.2) is 0 Å². The van der Waals surface area contributed by atoms with E-state index in [4.69, 9.17) is 4.74 Å². The van der Waals surface area contributed by atoms with Crippen LogP contribution in [0.2, 0.25) is 0 Å². The van der Waals surface area contributed by atoms with Gasteiger partial charge in [0.2, 0.25) is 0 Å². The number of benzene rings is 2. The molecule has 3 aliphatic rings. The van der Waals surface area contributed by atoms with E-state index in [-0.39, 0.29) is 11.8 Å². The van der Waals surface area contributed by atoms with Crippen LogP contribution in [0.3, 0.4) is 0 Å². The summed E-state index contributed by atoms with van der Waals surface area (Å²) in [4.78, 5) is 31.5. The molecule has 0 unspecified atom stereocenters. The number of rotatable bonds is 6. The zero-order chi connectivity index (χ0) is 21.4. The van der Waals surface area contributed by atoms with Crippen LogP contribution >= 0.6 is 0 Å². The molecule has 6 nitrogen and oxygen atoms in total. The largest absolute Gasteiger partial charge is 0.497 e. The molecule has 0 aliphatic carbocycles. The molecule has 6 heteroatoms. The number of hydrogen-bond donors (Lipinski definition) is 0. The van der Waals surface area contributed by atoms with Crippen LogP contribution in [0.4, 0.5) is 5.69 Å². The van der Waals surface area contributed by atoms with Crippen molar-refractivity contribution in [2.24, 2.45) is 0 Å². The summed E-state index contributed by atoms with van der Waals surface area (Å²) in [6, 6.07) is 14.1. The number of carbonyl (C=O) groups excluding carboxylic acids is 2. The topological polar surface area (TPSA) is 53.1 Å². The number of imide groups is 1. The second kappa shape index (κ2) is 8.35. The van der Waals surface area contributed by atoms with Gasteiger partial charge in [-0.05, 0) is 56.0 Å². The molecule has 2 amide bonds. The number of aryl methyl sites for hydroxylation is 1. The van der Waals surface area contributed by atoms with Crippen LogP contribution < -0.4 is 9.64 Å². The third-order valence-electron chi connectivity index (χ3n) is 6.90. The molecule has 0 aromatic heterocycles. The highest BCUT2D eigenvalue weighted by Crippen LogP contribution is 2.35. The highest BCUT2D eigenvalue weighted by molar-refractivity contribution is 6.21. The maximum atomic E-state index is 12.5. The Morgan fingerprint density at radius 2 is 1.71 bits per heavy atom. The Bertz CT molecular complexity index is 970. The maximum absolute atomic E-state index is 12.5. The van der Waals surface area contributed by atoms with Crippen molar-refractivity contribution in [3.05, 3.63) is 59.2 Å². The lowest BCUT2D eigenvalue weighted by Gasteiger charge is -2.46. The molecular weight excluding hydrogens is 390 g/mol. The van der Waals surface area contributed by atoms with Gasteiger partial charge in [0.25, 0.3) is 11.8 Å². The predicted octanol–water partition coefficient (Wildman–Crippen LogP) is 3.21. The molecule has 0 spiro atoms. The molecule has 1 fully saturated rings. The van der Waals surface area contributed by atoms with Gasteiger partial charge in [-0.25, -0.2) is 0 Å². The minimum absolute atomic E-state index is 0.148. The zero-order valence-corrected chi connectivity index (χ0v) is 18.0. The second-order valence-corrected chi connectivity index (χ2v) is 8.70. The molecule has 1 atom stereocenters. The molecule has 2 aromatic rings. The highest BCUT2D eigenvalue weighted by Gasteiger charge is 2.35. The van der Waals surface area contributed by atoms with Gasteiger partial charge in [0.05, 0.1) is 18.2 Å². The molecule has 1 saturated heterocycles. The van der Waals surface area contributed by atoms with Crippen LogP contribution in [-0.4, -0.2) is 67.5 Å². The summed E-state index contributed by atoms with van der Waals surface area (Å²) in [6.45, 7) is 4.66. The minimum atomic E-state index is -0.148. The Kier molecular flexibility index (Phi) is 5.40. The lowest BCUT2D eigenvalue weighted by Crippen LogP contribution is -2.55. The van der Waals surface area contributed by atoms with E-state index < -0.39 is 0 Å². The molecule has 3 heterocycles. The van der Waals surface area contributed by atoms with E-state index in [1.54, 1.807) is 19.2 Å². The number of hydrogen-bond acceptors (Lipinski definition) is 5.